The molecule has 0 unspecified atom stereocenters. The van der Waals surface area contributed by atoms with Gasteiger partial charge in [0.05, 0.1) is 6.61 Å². The van der Waals surface area contributed by atoms with E-state index in [-0.39, 0.29) is 18.6 Å². The minimum Gasteiger partial charge on any atom is -0.392 e. The highest BCUT2D eigenvalue weighted by atomic mass is 19.3. The molecule has 0 radical (unpaired) electrons. The van der Waals surface area contributed by atoms with Crippen LogP contribution in [0.25, 0.3) is 0 Å². The standard InChI is InChI=1S/C11H14F2O/c1-2-7-11(12,13)10-5-3-9(8-14)4-6-10/h3-6,14H,2,7-8H2,1H3. The van der Waals surface area contributed by atoms with Crippen molar-refractivity contribution in [3.63, 3.8) is 0 Å². The first-order chi connectivity index (χ1) is 6.60. The fraction of sp³-hybridized carbons (Fsp3) is 0.455. The van der Waals surface area contributed by atoms with Crippen LogP contribution in [-0.4, -0.2) is 5.11 Å². The van der Waals surface area contributed by atoms with Gasteiger partial charge in [0.25, 0.3) is 5.92 Å². The van der Waals surface area contributed by atoms with Crippen LogP contribution >= 0.6 is 0 Å². The summed E-state index contributed by atoms with van der Waals surface area (Å²) in [5.41, 5.74) is 0.678. The summed E-state index contributed by atoms with van der Waals surface area (Å²) in [6, 6.07) is 5.81. The summed E-state index contributed by atoms with van der Waals surface area (Å²) in [6.07, 6.45) is 0.320. The minimum atomic E-state index is -2.75. The van der Waals surface area contributed by atoms with Crippen molar-refractivity contribution in [1.29, 1.82) is 0 Å². The van der Waals surface area contributed by atoms with Gasteiger partial charge in [0.2, 0.25) is 0 Å². The van der Waals surface area contributed by atoms with E-state index in [1.54, 1.807) is 6.92 Å². The Bertz CT molecular complexity index is 280. The summed E-state index contributed by atoms with van der Waals surface area (Å²) < 4.78 is 26.7. The van der Waals surface area contributed by atoms with Crippen molar-refractivity contribution in [2.24, 2.45) is 0 Å². The van der Waals surface area contributed by atoms with Crippen molar-refractivity contribution >= 4 is 0 Å². The van der Waals surface area contributed by atoms with Gasteiger partial charge in [-0.3, -0.25) is 0 Å². The molecule has 0 heterocycles. The normalized spacial score (nSPS) is 11.7. The summed E-state index contributed by atoms with van der Waals surface area (Å²) in [6.45, 7) is 1.62. The summed E-state index contributed by atoms with van der Waals surface area (Å²) in [5, 5.41) is 8.75. The number of aliphatic hydroxyl groups excluding tert-OH is 1. The predicted molar refractivity (Wildman–Crippen MR) is 51.2 cm³/mol. The second-order valence-corrected chi connectivity index (χ2v) is 3.31. The number of halogens is 2. The lowest BCUT2D eigenvalue weighted by molar-refractivity contribution is -0.0140. The van der Waals surface area contributed by atoms with E-state index in [1.807, 2.05) is 0 Å². The molecule has 0 spiro atoms. The third kappa shape index (κ3) is 2.51. The lowest BCUT2D eigenvalue weighted by Crippen LogP contribution is -2.12. The maximum absolute atomic E-state index is 13.3. The van der Waals surface area contributed by atoms with Gasteiger partial charge in [-0.15, -0.1) is 0 Å². The molecule has 0 bridgehead atoms. The van der Waals surface area contributed by atoms with E-state index in [0.717, 1.165) is 0 Å². The fourth-order valence-electron chi connectivity index (χ4n) is 1.31. The van der Waals surface area contributed by atoms with Crippen LogP contribution in [-0.2, 0) is 12.5 Å². The van der Waals surface area contributed by atoms with Gasteiger partial charge in [0, 0.05) is 12.0 Å². The number of alkyl halides is 2. The largest absolute Gasteiger partial charge is 0.392 e. The van der Waals surface area contributed by atoms with E-state index in [2.05, 4.69) is 0 Å². The Hall–Kier alpha value is -0.960. The summed E-state index contributed by atoms with van der Waals surface area (Å²) in [4.78, 5) is 0. The first-order valence-electron chi connectivity index (χ1n) is 4.68. The Balaban J connectivity index is 2.85. The molecule has 0 aliphatic carbocycles. The van der Waals surface area contributed by atoms with Gasteiger partial charge in [-0.25, -0.2) is 8.78 Å². The Morgan fingerprint density at radius 3 is 2.21 bits per heavy atom. The Labute approximate surface area is 82.4 Å². The van der Waals surface area contributed by atoms with Crippen LogP contribution < -0.4 is 0 Å². The van der Waals surface area contributed by atoms with E-state index in [9.17, 15) is 8.78 Å². The van der Waals surface area contributed by atoms with Crippen LogP contribution in [0.1, 0.15) is 30.9 Å². The number of benzene rings is 1. The van der Waals surface area contributed by atoms with Crippen molar-refractivity contribution in [2.75, 3.05) is 0 Å². The van der Waals surface area contributed by atoms with Gasteiger partial charge in [0.15, 0.2) is 0 Å². The zero-order chi connectivity index (χ0) is 10.6. The SMILES string of the molecule is CCCC(F)(F)c1ccc(CO)cc1. The lowest BCUT2D eigenvalue weighted by Gasteiger charge is -2.15. The molecule has 0 saturated heterocycles. The van der Waals surface area contributed by atoms with E-state index >= 15 is 0 Å². The second-order valence-electron chi connectivity index (χ2n) is 3.31. The second kappa shape index (κ2) is 4.51. The molecule has 0 atom stereocenters. The van der Waals surface area contributed by atoms with E-state index in [4.69, 9.17) is 5.11 Å². The van der Waals surface area contributed by atoms with Crippen LogP contribution in [0.4, 0.5) is 8.78 Å². The number of hydrogen-bond acceptors (Lipinski definition) is 1. The van der Waals surface area contributed by atoms with Crippen molar-refractivity contribution in [3.05, 3.63) is 35.4 Å². The van der Waals surface area contributed by atoms with E-state index < -0.39 is 5.92 Å². The topological polar surface area (TPSA) is 20.2 Å². The molecule has 78 valence electrons. The van der Waals surface area contributed by atoms with Crippen LogP contribution in [0.3, 0.4) is 0 Å². The summed E-state index contributed by atoms with van der Waals surface area (Å²) in [7, 11) is 0. The first kappa shape index (κ1) is 11.1. The van der Waals surface area contributed by atoms with E-state index in [1.165, 1.54) is 24.3 Å². The zero-order valence-corrected chi connectivity index (χ0v) is 8.13. The van der Waals surface area contributed by atoms with Gasteiger partial charge in [-0.1, -0.05) is 37.6 Å². The molecule has 1 N–H and O–H groups in total. The first-order valence-corrected chi connectivity index (χ1v) is 4.68. The van der Waals surface area contributed by atoms with Crippen LogP contribution in [0.2, 0.25) is 0 Å². The third-order valence-electron chi connectivity index (χ3n) is 2.12. The smallest absolute Gasteiger partial charge is 0.273 e. The molecule has 14 heavy (non-hydrogen) atoms. The Morgan fingerprint density at radius 1 is 1.21 bits per heavy atom. The molecule has 1 nitrogen and oxygen atoms in total. The predicted octanol–water partition coefficient (Wildman–Crippen LogP) is 3.07. The quantitative estimate of drug-likeness (QED) is 0.791. The maximum Gasteiger partial charge on any atom is 0.273 e. The van der Waals surface area contributed by atoms with Crippen LogP contribution in [0.15, 0.2) is 24.3 Å². The molecule has 1 aromatic carbocycles. The monoisotopic (exact) mass is 200 g/mol. The maximum atomic E-state index is 13.3. The molecule has 0 amide bonds. The molecule has 0 saturated carbocycles. The van der Waals surface area contributed by atoms with Gasteiger partial charge >= 0.3 is 0 Å². The number of aliphatic hydroxyl groups is 1. The fourth-order valence-corrected chi connectivity index (χ4v) is 1.31. The molecule has 0 aromatic heterocycles. The van der Waals surface area contributed by atoms with Crippen LogP contribution in [0, 0.1) is 0 Å². The molecule has 1 rings (SSSR count). The third-order valence-corrected chi connectivity index (χ3v) is 2.12. The average Bonchev–Trinajstić information content (AvgIpc) is 2.18. The molecular weight excluding hydrogens is 186 g/mol. The summed E-state index contributed by atoms with van der Waals surface area (Å²) in [5.74, 6) is -2.75. The highest BCUT2D eigenvalue weighted by Gasteiger charge is 2.29. The van der Waals surface area contributed by atoms with Crippen molar-refractivity contribution < 1.29 is 13.9 Å². The molecular formula is C11H14F2O. The van der Waals surface area contributed by atoms with Crippen LogP contribution in [0.5, 0.6) is 0 Å². The van der Waals surface area contributed by atoms with Gasteiger partial charge < -0.3 is 5.11 Å². The lowest BCUT2D eigenvalue weighted by atomic mass is 10.0. The minimum absolute atomic E-state index is 0.0246. The van der Waals surface area contributed by atoms with Crippen molar-refractivity contribution in [2.45, 2.75) is 32.3 Å². The molecule has 0 aliphatic heterocycles. The van der Waals surface area contributed by atoms with Gasteiger partial charge in [-0.2, -0.15) is 0 Å². The summed E-state index contributed by atoms with van der Waals surface area (Å²) >= 11 is 0. The molecule has 0 aliphatic rings. The Morgan fingerprint density at radius 2 is 1.79 bits per heavy atom. The van der Waals surface area contributed by atoms with E-state index in [0.29, 0.717) is 12.0 Å². The highest BCUT2D eigenvalue weighted by molar-refractivity contribution is 5.25. The molecule has 1 aromatic rings. The van der Waals surface area contributed by atoms with Crippen molar-refractivity contribution in [3.8, 4) is 0 Å². The van der Waals surface area contributed by atoms with Gasteiger partial charge in [0.1, 0.15) is 0 Å². The molecule has 0 fully saturated rings. The number of rotatable bonds is 4. The van der Waals surface area contributed by atoms with Crippen molar-refractivity contribution in [1.82, 2.24) is 0 Å². The highest BCUT2D eigenvalue weighted by Crippen LogP contribution is 2.32. The zero-order valence-electron chi connectivity index (χ0n) is 8.13. The number of hydrogen-bond donors (Lipinski definition) is 1. The Kier molecular flexibility index (Phi) is 3.58. The van der Waals surface area contributed by atoms with Gasteiger partial charge in [-0.05, 0) is 5.56 Å². The average molecular weight is 200 g/mol. The molecule has 3 heteroatoms.